The fraction of sp³-hybridized carbons (Fsp3) is 0.240. The molecule has 180 valence electrons. The summed E-state index contributed by atoms with van der Waals surface area (Å²) in [4.78, 5) is 37.3. The summed E-state index contributed by atoms with van der Waals surface area (Å²) in [7, 11) is 0. The third-order valence-corrected chi connectivity index (χ3v) is 6.26. The second-order valence-electron chi connectivity index (χ2n) is 8.46. The maximum Gasteiger partial charge on any atom is 0.411 e. The van der Waals surface area contributed by atoms with Crippen LogP contribution in [0.2, 0.25) is 0 Å². The number of carbonyl (C=O) groups excluding carboxylic acids is 2. The number of carbonyl (C=O) groups is 3. The second kappa shape index (κ2) is 8.53. The molecule has 1 atom stereocenters. The minimum Gasteiger partial charge on any atom is -0.480 e. The lowest BCUT2D eigenvalue weighted by molar-refractivity contribution is -0.141. The van der Waals surface area contributed by atoms with Gasteiger partial charge < -0.3 is 19.2 Å². The van der Waals surface area contributed by atoms with Crippen LogP contribution in [-0.2, 0) is 9.53 Å². The molecule has 2 heterocycles. The van der Waals surface area contributed by atoms with Crippen molar-refractivity contribution in [1.29, 1.82) is 0 Å². The van der Waals surface area contributed by atoms with Gasteiger partial charge in [0.1, 0.15) is 12.6 Å². The van der Waals surface area contributed by atoms with Gasteiger partial charge in [-0.25, -0.2) is 18.4 Å². The van der Waals surface area contributed by atoms with Crippen molar-refractivity contribution in [2.24, 2.45) is 0 Å². The molecule has 0 radical (unpaired) electrons. The molecule has 1 aliphatic carbocycles. The summed E-state index contributed by atoms with van der Waals surface area (Å²) < 4.78 is 38.1. The number of alkyl halides is 2. The highest BCUT2D eigenvalue weighted by Crippen LogP contribution is 2.44. The fourth-order valence-corrected chi connectivity index (χ4v) is 4.70. The van der Waals surface area contributed by atoms with E-state index in [0.29, 0.717) is 4.90 Å². The van der Waals surface area contributed by atoms with Crippen molar-refractivity contribution >= 4 is 23.7 Å². The first kappa shape index (κ1) is 22.6. The fourth-order valence-electron chi connectivity index (χ4n) is 4.70. The van der Waals surface area contributed by atoms with E-state index in [1.165, 1.54) is 6.07 Å². The van der Waals surface area contributed by atoms with E-state index in [4.69, 9.17) is 9.15 Å². The number of fused-ring (bicyclic) bond motifs is 3. The molecule has 1 aromatic heterocycles. The van der Waals surface area contributed by atoms with Gasteiger partial charge in [-0.1, -0.05) is 48.5 Å². The number of halogens is 2. The Kier molecular flexibility index (Phi) is 5.50. The number of ether oxygens (including phenoxy) is 1. The lowest BCUT2D eigenvalue weighted by Crippen LogP contribution is -2.41. The predicted octanol–water partition coefficient (Wildman–Crippen LogP) is 4.58. The number of hydrogen-bond acceptors (Lipinski definition) is 5. The molecule has 2 amide bonds. The number of nitrogens with one attached hydrogen (secondary N) is 1. The average molecular weight is 482 g/mol. The summed E-state index contributed by atoms with van der Waals surface area (Å²) in [6.07, 6.45) is -0.774. The molecule has 0 unspecified atom stereocenters. The molecule has 2 aromatic carbocycles. The molecule has 1 saturated heterocycles. The molecule has 1 fully saturated rings. The van der Waals surface area contributed by atoms with Gasteiger partial charge in [0.15, 0.2) is 0 Å². The lowest BCUT2D eigenvalue weighted by atomic mass is 9.98. The number of hydrogen-bond donors (Lipinski definition) is 2. The quantitative estimate of drug-likeness (QED) is 0.551. The van der Waals surface area contributed by atoms with Crippen molar-refractivity contribution in [2.75, 3.05) is 18.5 Å². The Balaban J connectivity index is 1.28. The topological polar surface area (TPSA) is 109 Å². The zero-order chi connectivity index (χ0) is 24.7. The Labute approximate surface area is 198 Å². The van der Waals surface area contributed by atoms with Crippen LogP contribution in [0.15, 0.2) is 65.3 Å². The van der Waals surface area contributed by atoms with Crippen LogP contribution in [0.5, 0.6) is 0 Å². The van der Waals surface area contributed by atoms with Gasteiger partial charge in [0.25, 0.3) is 11.8 Å². The number of anilines is 1. The monoisotopic (exact) mass is 482 g/mol. The third-order valence-electron chi connectivity index (χ3n) is 6.26. The van der Waals surface area contributed by atoms with E-state index in [9.17, 15) is 28.3 Å². The van der Waals surface area contributed by atoms with E-state index in [-0.39, 0.29) is 18.2 Å². The number of furan rings is 1. The summed E-state index contributed by atoms with van der Waals surface area (Å²) in [5.74, 6) is -6.59. The third kappa shape index (κ3) is 4.11. The van der Waals surface area contributed by atoms with Crippen LogP contribution >= 0.6 is 0 Å². The van der Waals surface area contributed by atoms with Gasteiger partial charge in [0.05, 0.1) is 18.5 Å². The molecule has 2 N–H and O–H groups in total. The van der Waals surface area contributed by atoms with E-state index in [2.05, 4.69) is 5.32 Å². The number of rotatable bonds is 5. The smallest absolute Gasteiger partial charge is 0.411 e. The van der Waals surface area contributed by atoms with Crippen LogP contribution in [0.1, 0.15) is 34.0 Å². The van der Waals surface area contributed by atoms with Crippen LogP contribution in [-0.4, -0.2) is 53.1 Å². The maximum absolute atomic E-state index is 13.8. The van der Waals surface area contributed by atoms with Crippen LogP contribution in [0.25, 0.3) is 11.1 Å². The molecular weight excluding hydrogens is 462 g/mol. The minimum absolute atomic E-state index is 0.0282. The van der Waals surface area contributed by atoms with Crippen molar-refractivity contribution < 1.29 is 37.4 Å². The van der Waals surface area contributed by atoms with Crippen LogP contribution in [0.4, 0.5) is 19.3 Å². The molecule has 3 aromatic rings. The summed E-state index contributed by atoms with van der Waals surface area (Å²) in [5, 5.41) is 11.6. The molecule has 0 spiro atoms. The van der Waals surface area contributed by atoms with E-state index in [1.54, 1.807) is 0 Å². The molecular formula is C25H20F2N2O6. The Hall–Kier alpha value is -4.21. The van der Waals surface area contributed by atoms with Crippen LogP contribution in [0.3, 0.4) is 0 Å². The van der Waals surface area contributed by atoms with Gasteiger partial charge in [-0.05, 0) is 22.3 Å². The van der Waals surface area contributed by atoms with Crippen molar-refractivity contribution in [2.45, 2.75) is 24.3 Å². The molecule has 10 heteroatoms. The lowest BCUT2D eigenvalue weighted by Gasteiger charge is -2.20. The van der Waals surface area contributed by atoms with Gasteiger partial charge in [0.2, 0.25) is 5.76 Å². The highest BCUT2D eigenvalue weighted by molar-refractivity contribution is 6.02. The largest absolute Gasteiger partial charge is 0.480 e. The van der Waals surface area contributed by atoms with E-state index in [1.807, 2.05) is 48.5 Å². The van der Waals surface area contributed by atoms with Crippen LogP contribution in [0, 0.1) is 0 Å². The number of amides is 2. The standard InChI is InChI=1S/C25H20F2N2O6/c26-25(27)11-20(23(31)32)29(13-25)22(30)21-19(9-10-34-21)28-24(33)35-12-18-16-7-3-1-5-14(16)15-6-2-4-8-17(15)18/h1-10,18,20H,11-13H2,(H,28,33)(H,31,32)/t20-/m1/s1. The summed E-state index contributed by atoms with van der Waals surface area (Å²) in [5.41, 5.74) is 4.07. The number of benzene rings is 2. The molecule has 2 aliphatic rings. The van der Waals surface area contributed by atoms with Gasteiger partial charge in [-0.15, -0.1) is 0 Å². The Morgan fingerprint density at radius 2 is 1.69 bits per heavy atom. The number of carboxylic acids is 1. The zero-order valence-corrected chi connectivity index (χ0v) is 18.2. The number of likely N-dealkylation sites (tertiary alicyclic amines) is 1. The first-order chi connectivity index (χ1) is 16.7. The molecule has 0 saturated carbocycles. The van der Waals surface area contributed by atoms with E-state index in [0.717, 1.165) is 28.5 Å². The first-order valence-electron chi connectivity index (χ1n) is 10.9. The highest BCUT2D eigenvalue weighted by atomic mass is 19.3. The highest BCUT2D eigenvalue weighted by Gasteiger charge is 2.51. The summed E-state index contributed by atoms with van der Waals surface area (Å²) in [6, 6.07) is 15.2. The molecule has 0 bridgehead atoms. The Morgan fingerprint density at radius 1 is 1.06 bits per heavy atom. The normalized spacial score (nSPS) is 18.1. The predicted molar refractivity (Wildman–Crippen MR) is 119 cm³/mol. The molecule has 1 aliphatic heterocycles. The summed E-state index contributed by atoms with van der Waals surface area (Å²) in [6.45, 7) is -1.03. The van der Waals surface area contributed by atoms with Crippen molar-refractivity contribution in [3.05, 3.63) is 77.7 Å². The Morgan fingerprint density at radius 3 is 2.31 bits per heavy atom. The van der Waals surface area contributed by atoms with Crippen molar-refractivity contribution in [1.82, 2.24) is 4.90 Å². The second-order valence-corrected chi connectivity index (χ2v) is 8.46. The average Bonchev–Trinajstić information content (AvgIpc) is 3.51. The molecule has 35 heavy (non-hydrogen) atoms. The number of aliphatic carboxylic acids is 1. The van der Waals surface area contributed by atoms with Crippen LogP contribution < -0.4 is 5.32 Å². The van der Waals surface area contributed by atoms with E-state index < -0.39 is 48.7 Å². The minimum atomic E-state index is -3.34. The SMILES string of the molecule is O=C(Nc1ccoc1C(=O)N1CC(F)(F)C[C@@H]1C(=O)O)OCC1c2ccccc2-c2ccccc21. The van der Waals surface area contributed by atoms with E-state index >= 15 is 0 Å². The first-order valence-corrected chi connectivity index (χ1v) is 10.9. The van der Waals surface area contributed by atoms with Gasteiger partial charge >= 0.3 is 12.1 Å². The van der Waals surface area contributed by atoms with Gasteiger partial charge in [-0.2, -0.15) is 0 Å². The zero-order valence-electron chi connectivity index (χ0n) is 18.2. The van der Waals surface area contributed by atoms with Gasteiger partial charge in [0, 0.05) is 18.4 Å². The molecule has 5 rings (SSSR count). The Bertz CT molecular complexity index is 1280. The number of nitrogens with zero attached hydrogens (tertiary/aromatic N) is 1. The van der Waals surface area contributed by atoms with Crippen molar-refractivity contribution in [3.63, 3.8) is 0 Å². The van der Waals surface area contributed by atoms with Gasteiger partial charge in [-0.3, -0.25) is 10.1 Å². The maximum atomic E-state index is 13.8. The number of carboxylic acid groups (broad SMARTS) is 1. The van der Waals surface area contributed by atoms with Crippen molar-refractivity contribution in [3.8, 4) is 11.1 Å². The summed E-state index contributed by atoms with van der Waals surface area (Å²) >= 11 is 0. The molecule has 8 nitrogen and oxygen atoms in total.